The molecule has 0 aliphatic carbocycles. The number of nitrogens with zero attached hydrogens (tertiary/aromatic N) is 2. The highest BCUT2D eigenvalue weighted by Crippen LogP contribution is 2.31. The SMILES string of the molecule is CC1=NC(C)(C)N(C)C(C)(C)C1. The summed E-state index contributed by atoms with van der Waals surface area (Å²) in [6.45, 7) is 11.0. The van der Waals surface area contributed by atoms with Crippen molar-refractivity contribution in [1.82, 2.24) is 4.90 Å². The van der Waals surface area contributed by atoms with Crippen LogP contribution < -0.4 is 0 Å². The van der Waals surface area contributed by atoms with Crippen molar-refractivity contribution < 1.29 is 0 Å². The van der Waals surface area contributed by atoms with E-state index in [1.54, 1.807) is 0 Å². The van der Waals surface area contributed by atoms with E-state index in [0.717, 1.165) is 6.42 Å². The Bertz CT molecular complexity index is 214. The van der Waals surface area contributed by atoms with Crippen LogP contribution in [0.4, 0.5) is 0 Å². The van der Waals surface area contributed by atoms with Crippen molar-refractivity contribution in [3.8, 4) is 0 Å². The van der Waals surface area contributed by atoms with Gasteiger partial charge in [0, 0.05) is 17.7 Å². The molecular weight excluding hydrogens is 148 g/mol. The molecule has 0 aromatic heterocycles. The van der Waals surface area contributed by atoms with Gasteiger partial charge in [-0.3, -0.25) is 9.89 Å². The maximum Gasteiger partial charge on any atom is 0.107 e. The highest BCUT2D eigenvalue weighted by Gasteiger charge is 2.38. The molecule has 0 atom stereocenters. The van der Waals surface area contributed by atoms with Gasteiger partial charge in [0.05, 0.1) is 0 Å². The van der Waals surface area contributed by atoms with Crippen molar-refractivity contribution in [2.75, 3.05) is 7.05 Å². The molecule has 2 nitrogen and oxygen atoms in total. The topological polar surface area (TPSA) is 15.6 Å². The minimum Gasteiger partial charge on any atom is -0.277 e. The molecular formula is C10H20N2. The van der Waals surface area contributed by atoms with Crippen LogP contribution in [0.3, 0.4) is 0 Å². The van der Waals surface area contributed by atoms with Crippen molar-refractivity contribution in [3.05, 3.63) is 0 Å². The number of hydrogen-bond donors (Lipinski definition) is 0. The molecule has 0 fully saturated rings. The van der Waals surface area contributed by atoms with Crippen molar-refractivity contribution in [2.24, 2.45) is 4.99 Å². The van der Waals surface area contributed by atoms with E-state index in [1.807, 2.05) is 0 Å². The molecule has 0 unspecified atom stereocenters. The van der Waals surface area contributed by atoms with Gasteiger partial charge in [0.25, 0.3) is 0 Å². The van der Waals surface area contributed by atoms with Crippen LogP contribution in [0.15, 0.2) is 4.99 Å². The molecule has 0 bridgehead atoms. The van der Waals surface area contributed by atoms with E-state index < -0.39 is 0 Å². The van der Waals surface area contributed by atoms with Gasteiger partial charge < -0.3 is 0 Å². The smallest absolute Gasteiger partial charge is 0.107 e. The molecule has 0 aromatic carbocycles. The maximum absolute atomic E-state index is 4.63. The van der Waals surface area contributed by atoms with Gasteiger partial charge in [0.2, 0.25) is 0 Å². The van der Waals surface area contributed by atoms with Crippen molar-refractivity contribution in [1.29, 1.82) is 0 Å². The summed E-state index contributed by atoms with van der Waals surface area (Å²) in [5.41, 5.74) is 1.48. The Kier molecular flexibility index (Phi) is 2.07. The van der Waals surface area contributed by atoms with Gasteiger partial charge in [-0.05, 0) is 41.7 Å². The van der Waals surface area contributed by atoms with E-state index >= 15 is 0 Å². The molecule has 0 N–H and O–H groups in total. The van der Waals surface area contributed by atoms with Crippen LogP contribution >= 0.6 is 0 Å². The van der Waals surface area contributed by atoms with Crippen LogP contribution in [0.1, 0.15) is 41.0 Å². The molecule has 1 aliphatic heterocycles. The fourth-order valence-corrected chi connectivity index (χ4v) is 2.07. The van der Waals surface area contributed by atoms with Crippen LogP contribution in [-0.4, -0.2) is 28.9 Å². The van der Waals surface area contributed by atoms with Gasteiger partial charge in [-0.25, -0.2) is 0 Å². The van der Waals surface area contributed by atoms with E-state index in [2.05, 4.69) is 51.6 Å². The second kappa shape index (κ2) is 2.56. The fourth-order valence-electron chi connectivity index (χ4n) is 2.07. The van der Waals surface area contributed by atoms with Crippen LogP contribution in [0.5, 0.6) is 0 Å². The second-order valence-electron chi connectivity index (χ2n) is 4.89. The first-order valence-corrected chi connectivity index (χ1v) is 4.55. The highest BCUT2D eigenvalue weighted by atomic mass is 15.3. The quantitative estimate of drug-likeness (QED) is 0.542. The minimum atomic E-state index is -0.0359. The van der Waals surface area contributed by atoms with Crippen molar-refractivity contribution in [3.63, 3.8) is 0 Å². The summed E-state index contributed by atoms with van der Waals surface area (Å²) < 4.78 is 0. The minimum absolute atomic E-state index is 0.0359. The van der Waals surface area contributed by atoms with Crippen molar-refractivity contribution >= 4 is 5.71 Å². The molecule has 70 valence electrons. The van der Waals surface area contributed by atoms with Gasteiger partial charge in [0.15, 0.2) is 0 Å². The first-order valence-electron chi connectivity index (χ1n) is 4.55. The lowest BCUT2D eigenvalue weighted by atomic mass is 9.90. The molecule has 2 heteroatoms. The van der Waals surface area contributed by atoms with Gasteiger partial charge in [-0.1, -0.05) is 0 Å². The van der Waals surface area contributed by atoms with E-state index in [1.165, 1.54) is 5.71 Å². The summed E-state index contributed by atoms with van der Waals surface area (Å²) in [6, 6.07) is 0. The molecule has 1 heterocycles. The Hall–Kier alpha value is -0.370. The Morgan fingerprint density at radius 3 is 2.17 bits per heavy atom. The molecule has 0 aromatic rings. The molecule has 12 heavy (non-hydrogen) atoms. The molecule has 0 amide bonds. The Labute approximate surface area is 75.7 Å². The number of aliphatic imine (C=N–C) groups is 1. The van der Waals surface area contributed by atoms with Gasteiger partial charge in [0.1, 0.15) is 5.66 Å². The summed E-state index contributed by atoms with van der Waals surface area (Å²) in [5, 5.41) is 0. The lowest BCUT2D eigenvalue weighted by Crippen LogP contribution is -2.56. The predicted octanol–water partition coefficient (Wildman–Crippen LogP) is 2.30. The van der Waals surface area contributed by atoms with E-state index in [-0.39, 0.29) is 11.2 Å². The largest absolute Gasteiger partial charge is 0.277 e. The third kappa shape index (κ3) is 1.53. The highest BCUT2D eigenvalue weighted by molar-refractivity contribution is 5.84. The van der Waals surface area contributed by atoms with Crippen LogP contribution in [0, 0.1) is 0 Å². The average Bonchev–Trinajstić information content (AvgIpc) is 1.80. The lowest BCUT2D eigenvalue weighted by molar-refractivity contribution is 0.0439. The molecule has 0 saturated carbocycles. The van der Waals surface area contributed by atoms with E-state index in [4.69, 9.17) is 0 Å². The molecule has 0 spiro atoms. The van der Waals surface area contributed by atoms with Crippen LogP contribution in [-0.2, 0) is 0 Å². The van der Waals surface area contributed by atoms with Gasteiger partial charge in [-0.15, -0.1) is 0 Å². The molecule has 1 aliphatic rings. The summed E-state index contributed by atoms with van der Waals surface area (Å²) >= 11 is 0. The number of rotatable bonds is 0. The maximum atomic E-state index is 4.63. The summed E-state index contributed by atoms with van der Waals surface area (Å²) in [4.78, 5) is 6.97. The Balaban J connectivity index is 3.02. The van der Waals surface area contributed by atoms with Crippen LogP contribution in [0.25, 0.3) is 0 Å². The Morgan fingerprint density at radius 1 is 1.25 bits per heavy atom. The van der Waals surface area contributed by atoms with Gasteiger partial charge in [-0.2, -0.15) is 0 Å². The third-order valence-corrected chi connectivity index (χ3v) is 2.88. The second-order valence-corrected chi connectivity index (χ2v) is 4.89. The van der Waals surface area contributed by atoms with Crippen LogP contribution in [0.2, 0.25) is 0 Å². The molecule has 0 saturated heterocycles. The lowest BCUT2D eigenvalue weighted by Gasteiger charge is -2.48. The first-order chi connectivity index (χ1) is 5.26. The normalized spacial score (nSPS) is 28.3. The zero-order valence-corrected chi connectivity index (χ0v) is 9.10. The number of hydrogen-bond acceptors (Lipinski definition) is 2. The fraction of sp³-hybridized carbons (Fsp3) is 0.900. The Morgan fingerprint density at radius 2 is 1.75 bits per heavy atom. The van der Waals surface area contributed by atoms with Gasteiger partial charge >= 0.3 is 0 Å². The first kappa shape index (κ1) is 9.72. The van der Waals surface area contributed by atoms with E-state index in [9.17, 15) is 0 Å². The summed E-state index contributed by atoms with van der Waals surface area (Å²) in [6.07, 6.45) is 1.08. The zero-order chi connectivity index (χ0) is 9.57. The summed E-state index contributed by atoms with van der Waals surface area (Å²) in [5.74, 6) is 0. The average molecular weight is 168 g/mol. The zero-order valence-electron chi connectivity index (χ0n) is 9.10. The van der Waals surface area contributed by atoms with E-state index in [0.29, 0.717) is 0 Å². The molecule has 0 radical (unpaired) electrons. The monoisotopic (exact) mass is 168 g/mol. The third-order valence-electron chi connectivity index (χ3n) is 2.88. The standard InChI is InChI=1S/C10H20N2/c1-8-7-9(2,3)12(6)10(4,5)11-8/h7H2,1-6H3. The predicted molar refractivity (Wildman–Crippen MR) is 53.6 cm³/mol. The summed E-state index contributed by atoms with van der Waals surface area (Å²) in [7, 11) is 2.15. The molecule has 1 rings (SSSR count). The van der Waals surface area contributed by atoms with Crippen molar-refractivity contribution in [2.45, 2.75) is 52.2 Å².